The SMILES string of the molecule is Nc1cnc2c(C(=O)O)nnn2c1. The molecule has 0 radical (unpaired) electrons. The number of hydrogen-bond donors (Lipinski definition) is 2. The number of rotatable bonds is 1. The smallest absolute Gasteiger partial charge is 0.360 e. The Labute approximate surface area is 71.8 Å². The van der Waals surface area contributed by atoms with E-state index in [1.54, 1.807) is 0 Å². The highest BCUT2D eigenvalue weighted by Gasteiger charge is 2.13. The van der Waals surface area contributed by atoms with E-state index in [9.17, 15) is 4.79 Å². The van der Waals surface area contributed by atoms with Crippen molar-refractivity contribution in [3.8, 4) is 0 Å². The van der Waals surface area contributed by atoms with Gasteiger partial charge in [-0.1, -0.05) is 5.21 Å². The summed E-state index contributed by atoms with van der Waals surface area (Å²) < 4.78 is 1.22. The van der Waals surface area contributed by atoms with Gasteiger partial charge >= 0.3 is 5.97 Å². The lowest BCUT2D eigenvalue weighted by molar-refractivity contribution is 0.0692. The number of carboxylic acids is 1. The van der Waals surface area contributed by atoms with E-state index in [1.807, 2.05) is 0 Å². The molecule has 2 rings (SSSR count). The highest BCUT2D eigenvalue weighted by Crippen LogP contribution is 2.06. The first-order chi connectivity index (χ1) is 6.18. The van der Waals surface area contributed by atoms with Crippen LogP contribution in [0.2, 0.25) is 0 Å². The van der Waals surface area contributed by atoms with Crippen LogP contribution in [-0.2, 0) is 0 Å². The lowest BCUT2D eigenvalue weighted by Crippen LogP contribution is -1.99. The number of nitrogen functional groups attached to an aromatic ring is 1. The molecule has 0 atom stereocenters. The zero-order chi connectivity index (χ0) is 9.42. The number of nitrogens with two attached hydrogens (primary N) is 1. The van der Waals surface area contributed by atoms with Gasteiger partial charge in [-0.25, -0.2) is 9.78 Å². The van der Waals surface area contributed by atoms with Crippen molar-refractivity contribution in [2.75, 3.05) is 5.73 Å². The molecule has 0 bridgehead atoms. The topological polar surface area (TPSA) is 106 Å². The molecule has 7 nitrogen and oxygen atoms in total. The number of carbonyl (C=O) groups is 1. The first kappa shape index (κ1) is 7.47. The standard InChI is InChI=1S/C6H5N5O2/c7-3-1-8-5-4(6(12)13)9-10-11(5)2-3/h1-2H,7H2,(H,12,13). The van der Waals surface area contributed by atoms with Gasteiger partial charge in [-0.2, -0.15) is 4.52 Å². The van der Waals surface area contributed by atoms with Gasteiger partial charge in [-0.15, -0.1) is 5.10 Å². The van der Waals surface area contributed by atoms with Crippen molar-refractivity contribution in [2.24, 2.45) is 0 Å². The van der Waals surface area contributed by atoms with Crippen LogP contribution in [0, 0.1) is 0 Å². The van der Waals surface area contributed by atoms with E-state index in [4.69, 9.17) is 10.8 Å². The van der Waals surface area contributed by atoms with E-state index < -0.39 is 5.97 Å². The van der Waals surface area contributed by atoms with Crippen molar-refractivity contribution in [1.29, 1.82) is 0 Å². The molecule has 7 heteroatoms. The Morgan fingerprint density at radius 3 is 3.08 bits per heavy atom. The fraction of sp³-hybridized carbons (Fsp3) is 0. The van der Waals surface area contributed by atoms with Crippen molar-refractivity contribution in [2.45, 2.75) is 0 Å². The Kier molecular flexibility index (Phi) is 1.38. The van der Waals surface area contributed by atoms with E-state index in [2.05, 4.69) is 15.3 Å². The van der Waals surface area contributed by atoms with Gasteiger partial charge < -0.3 is 10.8 Å². The monoisotopic (exact) mass is 179 g/mol. The van der Waals surface area contributed by atoms with E-state index >= 15 is 0 Å². The lowest BCUT2D eigenvalue weighted by atomic mass is 10.4. The lowest BCUT2D eigenvalue weighted by Gasteiger charge is -1.92. The zero-order valence-corrected chi connectivity index (χ0v) is 6.38. The van der Waals surface area contributed by atoms with Crippen molar-refractivity contribution < 1.29 is 9.90 Å². The highest BCUT2D eigenvalue weighted by atomic mass is 16.4. The molecule has 13 heavy (non-hydrogen) atoms. The second-order valence-corrected chi connectivity index (χ2v) is 2.40. The molecule has 2 aromatic rings. The summed E-state index contributed by atoms with van der Waals surface area (Å²) in [5.41, 5.74) is 5.81. The Bertz CT molecular complexity index is 477. The second kappa shape index (κ2) is 2.41. The number of fused-ring (bicyclic) bond motifs is 1. The molecule has 0 spiro atoms. The maximum absolute atomic E-state index is 10.6. The first-order valence-electron chi connectivity index (χ1n) is 3.38. The van der Waals surface area contributed by atoms with Crippen LogP contribution in [0.5, 0.6) is 0 Å². The third-order valence-electron chi connectivity index (χ3n) is 1.48. The van der Waals surface area contributed by atoms with Gasteiger partial charge in [0.1, 0.15) is 0 Å². The third-order valence-corrected chi connectivity index (χ3v) is 1.48. The van der Waals surface area contributed by atoms with Crippen LogP contribution in [0.4, 0.5) is 5.69 Å². The van der Waals surface area contributed by atoms with Gasteiger partial charge in [0.05, 0.1) is 18.1 Å². The molecule has 0 aliphatic rings. The number of anilines is 1. The predicted molar refractivity (Wildman–Crippen MR) is 42.2 cm³/mol. The van der Waals surface area contributed by atoms with E-state index in [-0.39, 0.29) is 11.3 Å². The molecule has 2 heterocycles. The average Bonchev–Trinajstić information content (AvgIpc) is 2.46. The molecule has 2 aromatic heterocycles. The molecule has 0 aliphatic carbocycles. The molecule has 3 N–H and O–H groups in total. The molecule has 66 valence electrons. The Balaban J connectivity index is 2.76. The Hall–Kier alpha value is -2.18. The fourth-order valence-electron chi connectivity index (χ4n) is 0.944. The molecule has 0 aliphatic heterocycles. The molecule has 0 unspecified atom stereocenters. The van der Waals surface area contributed by atoms with Crippen LogP contribution in [0.3, 0.4) is 0 Å². The van der Waals surface area contributed by atoms with Gasteiger partial charge in [0.2, 0.25) is 5.69 Å². The van der Waals surface area contributed by atoms with Gasteiger partial charge in [0, 0.05) is 0 Å². The van der Waals surface area contributed by atoms with Crippen LogP contribution in [0.1, 0.15) is 10.5 Å². The molecule has 0 saturated heterocycles. The van der Waals surface area contributed by atoms with E-state index in [1.165, 1.54) is 16.9 Å². The highest BCUT2D eigenvalue weighted by molar-refractivity contribution is 5.91. The third kappa shape index (κ3) is 1.06. The second-order valence-electron chi connectivity index (χ2n) is 2.40. The van der Waals surface area contributed by atoms with Crippen molar-refractivity contribution in [3.63, 3.8) is 0 Å². The van der Waals surface area contributed by atoms with Crippen LogP contribution in [-0.4, -0.2) is 30.9 Å². The van der Waals surface area contributed by atoms with Crippen molar-refractivity contribution >= 4 is 17.3 Å². The Morgan fingerprint density at radius 2 is 2.38 bits per heavy atom. The summed E-state index contributed by atoms with van der Waals surface area (Å²) in [6.45, 7) is 0. The predicted octanol–water partition coefficient (Wildman–Crippen LogP) is -0.595. The maximum Gasteiger partial charge on any atom is 0.360 e. The molecular formula is C6H5N5O2. The minimum atomic E-state index is -1.16. The maximum atomic E-state index is 10.6. The number of carboxylic acid groups (broad SMARTS) is 1. The molecule has 0 saturated carbocycles. The summed E-state index contributed by atoms with van der Waals surface area (Å²) in [4.78, 5) is 14.4. The van der Waals surface area contributed by atoms with Crippen molar-refractivity contribution in [3.05, 3.63) is 18.1 Å². The molecule has 0 aromatic carbocycles. The zero-order valence-electron chi connectivity index (χ0n) is 6.38. The van der Waals surface area contributed by atoms with Gasteiger partial charge in [-0.05, 0) is 0 Å². The summed E-state index contributed by atoms with van der Waals surface area (Å²) in [5.74, 6) is -1.16. The normalized spacial score (nSPS) is 10.5. The van der Waals surface area contributed by atoms with Gasteiger partial charge in [-0.3, -0.25) is 0 Å². The minimum absolute atomic E-state index is 0.181. The molecule has 0 amide bonds. The summed E-state index contributed by atoms with van der Waals surface area (Å²) in [6.07, 6.45) is 2.80. The van der Waals surface area contributed by atoms with Crippen LogP contribution in [0.15, 0.2) is 12.4 Å². The quantitative estimate of drug-likeness (QED) is 0.605. The summed E-state index contributed by atoms with van der Waals surface area (Å²) in [5, 5.41) is 15.6. The summed E-state index contributed by atoms with van der Waals surface area (Å²) >= 11 is 0. The van der Waals surface area contributed by atoms with E-state index in [0.717, 1.165) is 0 Å². The minimum Gasteiger partial charge on any atom is -0.476 e. The van der Waals surface area contributed by atoms with Gasteiger partial charge in [0.25, 0.3) is 0 Å². The van der Waals surface area contributed by atoms with Crippen LogP contribution < -0.4 is 5.73 Å². The number of hydrogen-bond acceptors (Lipinski definition) is 5. The molecular weight excluding hydrogens is 174 g/mol. The van der Waals surface area contributed by atoms with Crippen LogP contribution in [0.25, 0.3) is 5.65 Å². The fourth-order valence-corrected chi connectivity index (χ4v) is 0.944. The summed E-state index contributed by atoms with van der Waals surface area (Å²) in [7, 11) is 0. The first-order valence-corrected chi connectivity index (χ1v) is 3.38. The number of aromatic nitrogens is 4. The van der Waals surface area contributed by atoms with E-state index in [0.29, 0.717) is 5.69 Å². The molecule has 0 fully saturated rings. The number of nitrogens with zero attached hydrogens (tertiary/aromatic N) is 4. The number of aromatic carboxylic acids is 1. The summed E-state index contributed by atoms with van der Waals surface area (Å²) in [6, 6.07) is 0. The van der Waals surface area contributed by atoms with Crippen molar-refractivity contribution in [1.82, 2.24) is 19.8 Å². The largest absolute Gasteiger partial charge is 0.476 e. The average molecular weight is 179 g/mol. The van der Waals surface area contributed by atoms with Crippen LogP contribution >= 0.6 is 0 Å². The Morgan fingerprint density at radius 1 is 1.62 bits per heavy atom. The van der Waals surface area contributed by atoms with Gasteiger partial charge in [0.15, 0.2) is 5.65 Å².